The zero-order valence-electron chi connectivity index (χ0n) is 12.0. The molecule has 21 heavy (non-hydrogen) atoms. The summed E-state index contributed by atoms with van der Waals surface area (Å²) in [6, 6.07) is 5.47. The molecule has 6 nitrogen and oxygen atoms in total. The van der Waals surface area contributed by atoms with Crippen LogP contribution in [0.5, 0.6) is 5.75 Å². The van der Waals surface area contributed by atoms with E-state index in [2.05, 4.69) is 0 Å². The normalized spacial score (nSPS) is 17.2. The Hall–Kier alpha value is -2.24. The second-order valence-electron chi connectivity index (χ2n) is 5.41. The summed E-state index contributed by atoms with van der Waals surface area (Å²) in [5.74, 6) is 0.350. The maximum absolute atomic E-state index is 12.4. The predicted octanol–water partition coefficient (Wildman–Crippen LogP) is 1.01. The fraction of sp³-hybridized carbons (Fsp3) is 0.467. The number of ether oxygens (including phenoxy) is 1. The molecule has 112 valence electrons. The fourth-order valence-corrected chi connectivity index (χ4v) is 2.64. The second-order valence-corrected chi connectivity index (χ2v) is 5.41. The van der Waals surface area contributed by atoms with Gasteiger partial charge >= 0.3 is 0 Å². The summed E-state index contributed by atoms with van der Waals surface area (Å²) in [4.78, 5) is 27.8. The lowest BCUT2D eigenvalue weighted by molar-refractivity contribution is -0.132. The SMILES string of the molecule is CCN(C(=O)CN1C(=O)COc2ccc(N)cc21)C1CC1. The predicted molar refractivity (Wildman–Crippen MR) is 79.1 cm³/mol. The van der Waals surface area contributed by atoms with E-state index in [1.807, 2.05) is 11.8 Å². The van der Waals surface area contributed by atoms with Crippen LogP contribution in [-0.2, 0) is 9.59 Å². The molecular formula is C15H19N3O3. The molecular weight excluding hydrogens is 270 g/mol. The standard InChI is InChI=1S/C15H19N3O3/c1-2-17(11-4-5-11)14(19)8-18-12-7-10(16)3-6-13(12)21-9-15(18)20/h3,6-7,11H,2,4-5,8-9,16H2,1H3. The number of carbonyl (C=O) groups is 2. The molecule has 0 unspecified atom stereocenters. The van der Waals surface area contributed by atoms with Crippen molar-refractivity contribution in [3.8, 4) is 5.75 Å². The molecule has 1 aromatic rings. The maximum atomic E-state index is 12.4. The van der Waals surface area contributed by atoms with E-state index in [1.165, 1.54) is 4.90 Å². The molecule has 1 saturated carbocycles. The van der Waals surface area contributed by atoms with E-state index < -0.39 is 0 Å². The van der Waals surface area contributed by atoms with Gasteiger partial charge in [0.15, 0.2) is 6.61 Å². The molecule has 0 radical (unpaired) electrons. The van der Waals surface area contributed by atoms with Crippen molar-refractivity contribution in [2.24, 2.45) is 0 Å². The number of nitrogen functional groups attached to an aromatic ring is 1. The third-order valence-corrected chi connectivity index (χ3v) is 3.87. The van der Waals surface area contributed by atoms with E-state index in [0.717, 1.165) is 12.8 Å². The van der Waals surface area contributed by atoms with Crippen molar-refractivity contribution in [2.75, 3.05) is 30.3 Å². The molecule has 1 heterocycles. The third kappa shape index (κ3) is 2.66. The van der Waals surface area contributed by atoms with Crippen molar-refractivity contribution in [3.05, 3.63) is 18.2 Å². The number of amides is 2. The molecule has 1 aromatic carbocycles. The van der Waals surface area contributed by atoms with Crippen LogP contribution >= 0.6 is 0 Å². The van der Waals surface area contributed by atoms with E-state index in [-0.39, 0.29) is 25.0 Å². The van der Waals surface area contributed by atoms with Gasteiger partial charge in [-0.25, -0.2) is 0 Å². The number of hydrogen-bond acceptors (Lipinski definition) is 4. The minimum Gasteiger partial charge on any atom is -0.482 e. The first-order chi connectivity index (χ1) is 10.1. The highest BCUT2D eigenvalue weighted by molar-refractivity contribution is 6.02. The van der Waals surface area contributed by atoms with Crippen LogP contribution in [-0.4, -0.2) is 42.5 Å². The summed E-state index contributed by atoms with van der Waals surface area (Å²) in [6.45, 7) is 2.64. The zero-order chi connectivity index (χ0) is 15.0. The van der Waals surface area contributed by atoms with Gasteiger partial charge in [-0.05, 0) is 38.0 Å². The van der Waals surface area contributed by atoms with Gasteiger partial charge in [0.1, 0.15) is 12.3 Å². The summed E-state index contributed by atoms with van der Waals surface area (Å²) in [6.07, 6.45) is 2.11. The van der Waals surface area contributed by atoms with Gasteiger partial charge in [0, 0.05) is 18.3 Å². The van der Waals surface area contributed by atoms with Crippen LogP contribution in [0.25, 0.3) is 0 Å². The number of anilines is 2. The van der Waals surface area contributed by atoms with Crippen LogP contribution in [0.2, 0.25) is 0 Å². The molecule has 0 saturated heterocycles. The van der Waals surface area contributed by atoms with Crippen molar-refractivity contribution >= 4 is 23.2 Å². The van der Waals surface area contributed by atoms with E-state index >= 15 is 0 Å². The Bertz CT molecular complexity index is 584. The topological polar surface area (TPSA) is 75.9 Å². The van der Waals surface area contributed by atoms with Gasteiger partial charge in [0.2, 0.25) is 5.91 Å². The lowest BCUT2D eigenvalue weighted by Gasteiger charge is -2.31. The lowest BCUT2D eigenvalue weighted by atomic mass is 10.2. The first-order valence-electron chi connectivity index (χ1n) is 7.22. The number of likely N-dealkylation sites (N-methyl/N-ethyl adjacent to an activating group) is 1. The molecule has 6 heteroatoms. The van der Waals surface area contributed by atoms with Crippen LogP contribution in [0.4, 0.5) is 11.4 Å². The average Bonchev–Trinajstić information content (AvgIpc) is 3.28. The summed E-state index contributed by atoms with van der Waals surface area (Å²) >= 11 is 0. The minimum atomic E-state index is -0.215. The Morgan fingerprint density at radius 2 is 2.24 bits per heavy atom. The highest BCUT2D eigenvalue weighted by Gasteiger charge is 2.34. The molecule has 0 atom stereocenters. The van der Waals surface area contributed by atoms with Crippen molar-refractivity contribution < 1.29 is 14.3 Å². The van der Waals surface area contributed by atoms with Crippen molar-refractivity contribution in [1.29, 1.82) is 0 Å². The second kappa shape index (κ2) is 5.27. The number of nitrogens with zero attached hydrogens (tertiary/aromatic N) is 2. The molecule has 1 aliphatic carbocycles. The third-order valence-electron chi connectivity index (χ3n) is 3.87. The summed E-state index contributed by atoms with van der Waals surface area (Å²) in [7, 11) is 0. The number of hydrogen-bond donors (Lipinski definition) is 1. The van der Waals surface area contributed by atoms with Gasteiger partial charge in [0.05, 0.1) is 5.69 Å². The minimum absolute atomic E-state index is 0.0244. The van der Waals surface area contributed by atoms with Gasteiger partial charge in [-0.3, -0.25) is 14.5 Å². The maximum Gasteiger partial charge on any atom is 0.265 e. The molecule has 0 bridgehead atoms. The molecule has 3 rings (SSSR count). The number of fused-ring (bicyclic) bond motifs is 1. The number of rotatable bonds is 4. The van der Waals surface area contributed by atoms with Crippen LogP contribution in [0.3, 0.4) is 0 Å². The Morgan fingerprint density at radius 1 is 1.48 bits per heavy atom. The van der Waals surface area contributed by atoms with E-state index in [0.29, 0.717) is 29.7 Å². The lowest BCUT2D eigenvalue weighted by Crippen LogP contribution is -2.47. The Balaban J connectivity index is 1.82. The number of carbonyl (C=O) groups excluding carboxylic acids is 2. The first-order valence-corrected chi connectivity index (χ1v) is 7.22. The van der Waals surface area contributed by atoms with E-state index in [9.17, 15) is 9.59 Å². The highest BCUT2D eigenvalue weighted by atomic mass is 16.5. The van der Waals surface area contributed by atoms with Gasteiger partial charge in [-0.1, -0.05) is 0 Å². The first kappa shape index (κ1) is 13.7. The Labute approximate surface area is 123 Å². The molecule has 1 fully saturated rings. The molecule has 2 amide bonds. The zero-order valence-corrected chi connectivity index (χ0v) is 12.0. The number of nitrogens with two attached hydrogens (primary N) is 1. The largest absolute Gasteiger partial charge is 0.482 e. The van der Waals surface area contributed by atoms with Gasteiger partial charge in [0.25, 0.3) is 5.91 Å². The molecule has 0 spiro atoms. The Morgan fingerprint density at radius 3 is 2.90 bits per heavy atom. The average molecular weight is 289 g/mol. The molecule has 1 aliphatic heterocycles. The number of benzene rings is 1. The summed E-state index contributed by atoms with van der Waals surface area (Å²) in [5.41, 5.74) is 6.89. The smallest absolute Gasteiger partial charge is 0.265 e. The van der Waals surface area contributed by atoms with Gasteiger partial charge < -0.3 is 15.4 Å². The summed E-state index contributed by atoms with van der Waals surface area (Å²) in [5, 5.41) is 0. The molecule has 0 aromatic heterocycles. The van der Waals surface area contributed by atoms with Crippen LogP contribution in [0.15, 0.2) is 18.2 Å². The van der Waals surface area contributed by atoms with E-state index in [1.54, 1.807) is 18.2 Å². The van der Waals surface area contributed by atoms with Crippen molar-refractivity contribution in [1.82, 2.24) is 4.90 Å². The molecule has 2 N–H and O–H groups in total. The Kier molecular flexibility index (Phi) is 3.45. The molecule has 2 aliphatic rings. The van der Waals surface area contributed by atoms with Gasteiger partial charge in [-0.15, -0.1) is 0 Å². The highest BCUT2D eigenvalue weighted by Crippen LogP contribution is 2.34. The summed E-state index contributed by atoms with van der Waals surface area (Å²) < 4.78 is 5.38. The van der Waals surface area contributed by atoms with E-state index in [4.69, 9.17) is 10.5 Å². The van der Waals surface area contributed by atoms with Crippen molar-refractivity contribution in [3.63, 3.8) is 0 Å². The monoisotopic (exact) mass is 289 g/mol. The van der Waals surface area contributed by atoms with Crippen LogP contribution in [0, 0.1) is 0 Å². The fourth-order valence-electron chi connectivity index (χ4n) is 2.64. The quantitative estimate of drug-likeness (QED) is 0.839. The van der Waals surface area contributed by atoms with Crippen LogP contribution < -0.4 is 15.4 Å². The van der Waals surface area contributed by atoms with Crippen LogP contribution in [0.1, 0.15) is 19.8 Å². The van der Waals surface area contributed by atoms with Crippen molar-refractivity contribution in [2.45, 2.75) is 25.8 Å². The van der Waals surface area contributed by atoms with Gasteiger partial charge in [-0.2, -0.15) is 0 Å².